The van der Waals surface area contributed by atoms with Gasteiger partial charge in [0.25, 0.3) is 0 Å². The van der Waals surface area contributed by atoms with Crippen molar-refractivity contribution >= 4 is 0 Å². The second-order valence-electron chi connectivity index (χ2n) is 2.66. The second kappa shape index (κ2) is 4.13. The van der Waals surface area contributed by atoms with Gasteiger partial charge in [0.05, 0.1) is 19.0 Å². The van der Waals surface area contributed by atoms with Gasteiger partial charge < -0.3 is 9.30 Å². The first-order chi connectivity index (χ1) is 5.29. The smallest absolute Gasteiger partial charge is 0.108 e. The maximum Gasteiger partial charge on any atom is 0.108 e. The van der Waals surface area contributed by atoms with Crippen LogP contribution in [0.25, 0.3) is 0 Å². The molecule has 11 heavy (non-hydrogen) atoms. The standard InChI is InChI=1S/C8H13N2O/c1-8(2)11-6-5-10-4-3-9-7-10/h4,7-8H,5-6H2,1-2H3. The molecule has 0 bridgehead atoms. The molecule has 1 rings (SSSR count). The normalized spacial score (nSPS) is 10.8. The van der Waals surface area contributed by atoms with Crippen LogP contribution in [0.2, 0.25) is 0 Å². The molecule has 3 nitrogen and oxygen atoms in total. The van der Waals surface area contributed by atoms with E-state index < -0.39 is 0 Å². The maximum absolute atomic E-state index is 5.35. The van der Waals surface area contributed by atoms with Crippen LogP contribution in [0.4, 0.5) is 0 Å². The van der Waals surface area contributed by atoms with Crippen molar-refractivity contribution in [3.05, 3.63) is 18.7 Å². The van der Waals surface area contributed by atoms with Gasteiger partial charge in [-0.3, -0.25) is 0 Å². The summed E-state index contributed by atoms with van der Waals surface area (Å²) in [6.45, 7) is 5.65. The highest BCUT2D eigenvalue weighted by Crippen LogP contribution is 1.90. The summed E-state index contributed by atoms with van der Waals surface area (Å²) in [5, 5.41) is 0. The lowest BCUT2D eigenvalue weighted by atomic mass is 10.5. The molecule has 0 saturated carbocycles. The zero-order chi connectivity index (χ0) is 8.10. The summed E-state index contributed by atoms with van der Waals surface area (Å²) in [5.41, 5.74) is 0. The predicted octanol–water partition coefficient (Wildman–Crippen LogP) is 1.11. The Kier molecular flexibility index (Phi) is 3.11. The molecule has 1 aromatic heterocycles. The minimum Gasteiger partial charge on any atom is -0.377 e. The molecule has 0 spiro atoms. The summed E-state index contributed by atoms with van der Waals surface area (Å²) in [6.07, 6.45) is 6.58. The van der Waals surface area contributed by atoms with E-state index in [-0.39, 0.29) is 0 Å². The Bertz CT molecular complexity index is 182. The van der Waals surface area contributed by atoms with Gasteiger partial charge >= 0.3 is 0 Å². The zero-order valence-corrected chi connectivity index (χ0v) is 6.95. The molecule has 1 aromatic rings. The lowest BCUT2D eigenvalue weighted by Gasteiger charge is -2.06. The monoisotopic (exact) mass is 153 g/mol. The summed E-state index contributed by atoms with van der Waals surface area (Å²) in [6, 6.07) is 0. The van der Waals surface area contributed by atoms with Gasteiger partial charge in [-0.1, -0.05) is 0 Å². The van der Waals surface area contributed by atoms with E-state index in [9.17, 15) is 0 Å². The van der Waals surface area contributed by atoms with Crippen LogP contribution in [0.15, 0.2) is 12.5 Å². The van der Waals surface area contributed by atoms with Crippen molar-refractivity contribution < 1.29 is 4.74 Å². The van der Waals surface area contributed by atoms with Crippen LogP contribution in [-0.2, 0) is 11.3 Å². The molecule has 3 heteroatoms. The Hall–Kier alpha value is -0.830. The third-order valence-corrected chi connectivity index (χ3v) is 1.30. The third kappa shape index (κ3) is 3.18. The van der Waals surface area contributed by atoms with Gasteiger partial charge in [0.1, 0.15) is 6.20 Å². The van der Waals surface area contributed by atoms with Crippen molar-refractivity contribution in [3.8, 4) is 0 Å². The molecule has 0 aliphatic rings. The number of imidazole rings is 1. The molecular formula is C8H13N2O. The van der Waals surface area contributed by atoms with Crippen LogP contribution < -0.4 is 0 Å². The fourth-order valence-electron chi connectivity index (χ4n) is 0.764. The van der Waals surface area contributed by atoms with Crippen molar-refractivity contribution in [1.82, 2.24) is 9.55 Å². The Balaban J connectivity index is 2.14. The molecule has 0 N–H and O–H groups in total. The number of aromatic nitrogens is 2. The van der Waals surface area contributed by atoms with Crippen LogP contribution in [0.5, 0.6) is 0 Å². The molecule has 61 valence electrons. The zero-order valence-electron chi connectivity index (χ0n) is 6.95. The second-order valence-corrected chi connectivity index (χ2v) is 2.66. The Morgan fingerprint density at radius 1 is 1.64 bits per heavy atom. The van der Waals surface area contributed by atoms with E-state index in [1.807, 2.05) is 24.6 Å². The van der Waals surface area contributed by atoms with Crippen molar-refractivity contribution in [2.45, 2.75) is 26.5 Å². The quantitative estimate of drug-likeness (QED) is 0.648. The summed E-state index contributed by atoms with van der Waals surface area (Å²) >= 11 is 0. The molecule has 0 atom stereocenters. The summed E-state index contributed by atoms with van der Waals surface area (Å²) < 4.78 is 7.30. The number of rotatable bonds is 4. The van der Waals surface area contributed by atoms with Crippen molar-refractivity contribution in [3.63, 3.8) is 0 Å². The first kappa shape index (κ1) is 8.27. The maximum atomic E-state index is 5.35. The van der Waals surface area contributed by atoms with Crippen molar-refractivity contribution in [2.24, 2.45) is 0 Å². The highest BCUT2D eigenvalue weighted by Gasteiger charge is 1.93. The van der Waals surface area contributed by atoms with Crippen LogP contribution in [0.3, 0.4) is 0 Å². The van der Waals surface area contributed by atoms with E-state index in [1.54, 1.807) is 6.33 Å². The van der Waals surface area contributed by atoms with Crippen molar-refractivity contribution in [2.75, 3.05) is 6.61 Å². The van der Waals surface area contributed by atoms with Gasteiger partial charge in [0.2, 0.25) is 0 Å². The molecule has 0 fully saturated rings. The predicted molar refractivity (Wildman–Crippen MR) is 42.2 cm³/mol. The fraction of sp³-hybridized carbons (Fsp3) is 0.625. The van der Waals surface area contributed by atoms with Crippen LogP contribution in [0.1, 0.15) is 13.8 Å². The van der Waals surface area contributed by atoms with E-state index in [0.717, 1.165) is 13.2 Å². The van der Waals surface area contributed by atoms with Gasteiger partial charge in [0, 0.05) is 12.7 Å². The third-order valence-electron chi connectivity index (χ3n) is 1.30. The number of hydrogen-bond acceptors (Lipinski definition) is 2. The van der Waals surface area contributed by atoms with Gasteiger partial charge in [-0.05, 0) is 13.8 Å². The lowest BCUT2D eigenvalue weighted by Crippen LogP contribution is -2.09. The molecule has 0 saturated heterocycles. The largest absolute Gasteiger partial charge is 0.377 e. The average molecular weight is 153 g/mol. The Labute approximate surface area is 67.0 Å². The van der Waals surface area contributed by atoms with Gasteiger partial charge in [-0.2, -0.15) is 0 Å². The molecule has 0 amide bonds. The van der Waals surface area contributed by atoms with E-state index >= 15 is 0 Å². The molecule has 1 radical (unpaired) electrons. The minimum absolute atomic E-state index is 0.308. The number of ether oxygens (including phenoxy) is 1. The van der Waals surface area contributed by atoms with Crippen LogP contribution in [-0.4, -0.2) is 22.3 Å². The van der Waals surface area contributed by atoms with E-state index in [0.29, 0.717) is 6.10 Å². The van der Waals surface area contributed by atoms with Gasteiger partial charge in [0.15, 0.2) is 0 Å². The summed E-state index contributed by atoms with van der Waals surface area (Å²) in [5.74, 6) is 0. The highest BCUT2D eigenvalue weighted by atomic mass is 16.5. The molecule has 1 heterocycles. The van der Waals surface area contributed by atoms with Gasteiger partial charge in [-0.15, -0.1) is 0 Å². The first-order valence-electron chi connectivity index (χ1n) is 3.78. The number of nitrogens with zero attached hydrogens (tertiary/aromatic N) is 2. The van der Waals surface area contributed by atoms with E-state index in [1.165, 1.54) is 0 Å². The summed E-state index contributed by atoms with van der Waals surface area (Å²) in [7, 11) is 0. The molecule has 0 unspecified atom stereocenters. The van der Waals surface area contributed by atoms with Crippen LogP contribution >= 0.6 is 0 Å². The van der Waals surface area contributed by atoms with Crippen LogP contribution in [0, 0.1) is 6.20 Å². The SMILES string of the molecule is CC(C)OCCn1c[c]nc1. The Morgan fingerprint density at radius 3 is 3.00 bits per heavy atom. The first-order valence-corrected chi connectivity index (χ1v) is 3.78. The molecule has 0 aromatic carbocycles. The Morgan fingerprint density at radius 2 is 2.45 bits per heavy atom. The topological polar surface area (TPSA) is 27.1 Å². The summed E-state index contributed by atoms with van der Waals surface area (Å²) in [4.78, 5) is 3.80. The van der Waals surface area contributed by atoms with Crippen molar-refractivity contribution in [1.29, 1.82) is 0 Å². The fourth-order valence-corrected chi connectivity index (χ4v) is 0.764. The molecule has 0 aliphatic carbocycles. The molecule has 0 aliphatic heterocycles. The average Bonchev–Trinajstić information content (AvgIpc) is 2.39. The van der Waals surface area contributed by atoms with E-state index in [4.69, 9.17) is 4.74 Å². The lowest BCUT2D eigenvalue weighted by molar-refractivity contribution is 0.0727. The van der Waals surface area contributed by atoms with Gasteiger partial charge in [-0.25, -0.2) is 4.98 Å². The number of hydrogen-bond donors (Lipinski definition) is 0. The minimum atomic E-state index is 0.308. The van der Waals surface area contributed by atoms with E-state index in [2.05, 4.69) is 11.2 Å². The highest BCUT2D eigenvalue weighted by molar-refractivity contribution is 4.71. The molecular weight excluding hydrogens is 140 g/mol.